The molecule has 104 valence electrons. The SMILES string of the molecule is O=C(N[C@H](CCl)Cc1ccccc1)c1cccc(Cl)c1. The van der Waals surface area contributed by atoms with Gasteiger partial charge in [-0.3, -0.25) is 4.79 Å². The van der Waals surface area contributed by atoms with Gasteiger partial charge in [0.15, 0.2) is 0 Å². The molecule has 1 atom stereocenters. The molecule has 4 heteroatoms. The van der Waals surface area contributed by atoms with Gasteiger partial charge in [-0.15, -0.1) is 11.6 Å². The molecule has 0 bridgehead atoms. The van der Waals surface area contributed by atoms with Gasteiger partial charge in [0.2, 0.25) is 0 Å². The predicted octanol–water partition coefficient (Wildman–Crippen LogP) is 3.92. The lowest BCUT2D eigenvalue weighted by Crippen LogP contribution is -2.37. The number of amides is 1. The van der Waals surface area contributed by atoms with Crippen molar-refractivity contribution in [3.63, 3.8) is 0 Å². The Kier molecular flexibility index (Phi) is 5.45. The van der Waals surface area contributed by atoms with Crippen LogP contribution in [0.2, 0.25) is 5.02 Å². The lowest BCUT2D eigenvalue weighted by Gasteiger charge is -2.16. The lowest BCUT2D eigenvalue weighted by atomic mass is 10.1. The van der Waals surface area contributed by atoms with Gasteiger partial charge < -0.3 is 5.32 Å². The first-order chi connectivity index (χ1) is 9.69. The van der Waals surface area contributed by atoms with Crippen LogP contribution < -0.4 is 5.32 Å². The van der Waals surface area contributed by atoms with Crippen molar-refractivity contribution in [2.24, 2.45) is 0 Å². The Morgan fingerprint density at radius 1 is 1.10 bits per heavy atom. The zero-order valence-electron chi connectivity index (χ0n) is 10.9. The van der Waals surface area contributed by atoms with E-state index in [1.54, 1.807) is 24.3 Å². The third-order valence-corrected chi connectivity index (χ3v) is 3.54. The van der Waals surface area contributed by atoms with Crippen LogP contribution >= 0.6 is 23.2 Å². The van der Waals surface area contributed by atoms with Crippen LogP contribution in [-0.2, 0) is 6.42 Å². The van der Waals surface area contributed by atoms with Crippen molar-refractivity contribution in [2.75, 3.05) is 5.88 Å². The number of hydrogen-bond donors (Lipinski definition) is 1. The molecule has 0 saturated carbocycles. The van der Waals surface area contributed by atoms with Crippen molar-refractivity contribution in [3.8, 4) is 0 Å². The fourth-order valence-electron chi connectivity index (χ4n) is 1.94. The Morgan fingerprint density at radius 3 is 2.50 bits per heavy atom. The van der Waals surface area contributed by atoms with Crippen LogP contribution in [0.3, 0.4) is 0 Å². The quantitative estimate of drug-likeness (QED) is 0.833. The van der Waals surface area contributed by atoms with E-state index in [-0.39, 0.29) is 11.9 Å². The highest BCUT2D eigenvalue weighted by molar-refractivity contribution is 6.31. The summed E-state index contributed by atoms with van der Waals surface area (Å²) >= 11 is 11.8. The normalized spacial score (nSPS) is 11.9. The molecular weight excluding hydrogens is 293 g/mol. The molecule has 2 rings (SSSR count). The fraction of sp³-hybridized carbons (Fsp3) is 0.188. The highest BCUT2D eigenvalue weighted by atomic mass is 35.5. The molecule has 20 heavy (non-hydrogen) atoms. The Labute approximate surface area is 128 Å². The molecule has 0 fully saturated rings. The molecule has 0 aliphatic carbocycles. The zero-order valence-corrected chi connectivity index (χ0v) is 12.4. The number of halogens is 2. The molecular formula is C16H15Cl2NO. The van der Waals surface area contributed by atoms with Crippen LogP contribution in [0.4, 0.5) is 0 Å². The summed E-state index contributed by atoms with van der Waals surface area (Å²) in [7, 11) is 0. The van der Waals surface area contributed by atoms with Gasteiger partial charge in [0, 0.05) is 22.5 Å². The molecule has 0 aliphatic heterocycles. The Bertz CT molecular complexity index is 572. The topological polar surface area (TPSA) is 29.1 Å². The zero-order chi connectivity index (χ0) is 14.4. The van der Waals surface area contributed by atoms with Gasteiger partial charge in [0.05, 0.1) is 0 Å². The van der Waals surface area contributed by atoms with E-state index in [1.165, 1.54) is 0 Å². The standard InChI is InChI=1S/C16H15Cl2NO/c17-11-15(9-12-5-2-1-3-6-12)19-16(20)13-7-4-8-14(18)10-13/h1-8,10,15H,9,11H2,(H,19,20)/t15-/m0/s1. The van der Waals surface area contributed by atoms with Crippen molar-refractivity contribution in [3.05, 3.63) is 70.7 Å². The van der Waals surface area contributed by atoms with E-state index in [4.69, 9.17) is 23.2 Å². The van der Waals surface area contributed by atoms with Crippen molar-refractivity contribution >= 4 is 29.1 Å². The minimum atomic E-state index is -0.158. The second-order valence-corrected chi connectivity index (χ2v) is 5.27. The minimum Gasteiger partial charge on any atom is -0.348 e. The molecule has 0 aliphatic rings. The van der Waals surface area contributed by atoms with Crippen LogP contribution in [0.25, 0.3) is 0 Å². The van der Waals surface area contributed by atoms with Crippen LogP contribution in [0.15, 0.2) is 54.6 Å². The molecule has 1 N–H and O–H groups in total. The summed E-state index contributed by atoms with van der Waals surface area (Å²) in [6, 6.07) is 16.7. The largest absolute Gasteiger partial charge is 0.348 e. The molecule has 2 aromatic rings. The van der Waals surface area contributed by atoms with Crippen molar-refractivity contribution in [1.82, 2.24) is 5.32 Å². The van der Waals surface area contributed by atoms with E-state index in [0.29, 0.717) is 22.9 Å². The number of carbonyl (C=O) groups is 1. The maximum Gasteiger partial charge on any atom is 0.251 e. The van der Waals surface area contributed by atoms with Gasteiger partial charge in [-0.05, 0) is 30.2 Å². The Balaban J connectivity index is 2.01. The number of nitrogens with one attached hydrogen (secondary N) is 1. The first-order valence-electron chi connectivity index (χ1n) is 6.35. The summed E-state index contributed by atoms with van der Waals surface area (Å²) in [5, 5.41) is 3.47. The average Bonchev–Trinajstić information content (AvgIpc) is 2.47. The van der Waals surface area contributed by atoms with Gasteiger partial charge in [-0.25, -0.2) is 0 Å². The molecule has 0 radical (unpaired) electrons. The van der Waals surface area contributed by atoms with Gasteiger partial charge in [-0.2, -0.15) is 0 Å². The molecule has 0 saturated heterocycles. The molecule has 2 nitrogen and oxygen atoms in total. The van der Waals surface area contributed by atoms with E-state index >= 15 is 0 Å². The number of rotatable bonds is 5. The second-order valence-electron chi connectivity index (χ2n) is 4.52. The summed E-state index contributed by atoms with van der Waals surface area (Å²) < 4.78 is 0. The van der Waals surface area contributed by atoms with Gasteiger partial charge in [0.25, 0.3) is 5.91 Å². The van der Waals surface area contributed by atoms with Gasteiger partial charge >= 0.3 is 0 Å². The Hall–Kier alpha value is -1.51. The predicted molar refractivity (Wildman–Crippen MR) is 83.6 cm³/mol. The van der Waals surface area contributed by atoms with E-state index in [0.717, 1.165) is 5.56 Å². The summed E-state index contributed by atoms with van der Waals surface area (Å²) in [6.45, 7) is 0. The maximum atomic E-state index is 12.1. The van der Waals surface area contributed by atoms with Gasteiger partial charge in [-0.1, -0.05) is 48.0 Å². The lowest BCUT2D eigenvalue weighted by molar-refractivity contribution is 0.0940. The molecule has 0 aromatic heterocycles. The number of alkyl halides is 1. The molecule has 0 heterocycles. The van der Waals surface area contributed by atoms with Crippen molar-refractivity contribution in [1.29, 1.82) is 0 Å². The summed E-state index contributed by atoms with van der Waals surface area (Å²) in [4.78, 5) is 12.1. The summed E-state index contributed by atoms with van der Waals surface area (Å²) in [5.74, 6) is 0.204. The third kappa shape index (κ3) is 4.26. The first-order valence-corrected chi connectivity index (χ1v) is 7.26. The minimum absolute atomic E-state index is 0.106. The summed E-state index contributed by atoms with van der Waals surface area (Å²) in [5.41, 5.74) is 1.69. The average molecular weight is 308 g/mol. The van der Waals surface area contributed by atoms with Crippen molar-refractivity contribution < 1.29 is 4.79 Å². The second kappa shape index (κ2) is 7.32. The summed E-state index contributed by atoms with van der Waals surface area (Å²) in [6.07, 6.45) is 0.705. The van der Waals surface area contributed by atoms with Gasteiger partial charge in [0.1, 0.15) is 0 Å². The van der Waals surface area contributed by atoms with Crippen LogP contribution in [0.5, 0.6) is 0 Å². The van der Waals surface area contributed by atoms with E-state index in [1.807, 2.05) is 30.3 Å². The van der Waals surface area contributed by atoms with E-state index < -0.39 is 0 Å². The van der Waals surface area contributed by atoms with Crippen LogP contribution in [0.1, 0.15) is 15.9 Å². The number of hydrogen-bond acceptors (Lipinski definition) is 1. The third-order valence-electron chi connectivity index (χ3n) is 2.93. The molecule has 0 unspecified atom stereocenters. The van der Waals surface area contributed by atoms with Crippen molar-refractivity contribution in [2.45, 2.75) is 12.5 Å². The maximum absolute atomic E-state index is 12.1. The monoisotopic (exact) mass is 307 g/mol. The molecule has 0 spiro atoms. The highest BCUT2D eigenvalue weighted by Crippen LogP contribution is 2.11. The highest BCUT2D eigenvalue weighted by Gasteiger charge is 2.13. The molecule has 2 aromatic carbocycles. The van der Waals surface area contributed by atoms with Crippen LogP contribution in [0, 0.1) is 0 Å². The number of carbonyl (C=O) groups excluding carboxylic acids is 1. The van der Waals surface area contributed by atoms with E-state index in [2.05, 4.69) is 5.32 Å². The molecule has 1 amide bonds. The smallest absolute Gasteiger partial charge is 0.251 e. The van der Waals surface area contributed by atoms with E-state index in [9.17, 15) is 4.79 Å². The Morgan fingerprint density at radius 2 is 1.85 bits per heavy atom. The number of benzene rings is 2. The fourth-order valence-corrected chi connectivity index (χ4v) is 2.32. The van der Waals surface area contributed by atoms with Crippen LogP contribution in [-0.4, -0.2) is 17.8 Å². The first kappa shape index (κ1) is 14.9.